The van der Waals surface area contributed by atoms with Crippen LogP contribution in [-0.2, 0) is 6.54 Å². The number of benzene rings is 1. The number of hydrogen-bond acceptors (Lipinski definition) is 7. The number of halogens is 1. The van der Waals surface area contributed by atoms with E-state index in [1.165, 1.54) is 18.1 Å². The summed E-state index contributed by atoms with van der Waals surface area (Å²) in [7, 11) is 0. The van der Waals surface area contributed by atoms with E-state index in [2.05, 4.69) is 43.6 Å². The maximum Gasteiger partial charge on any atom is 0.175 e. The van der Waals surface area contributed by atoms with Gasteiger partial charge in [-0.15, -0.1) is 0 Å². The zero-order valence-corrected chi connectivity index (χ0v) is 15.4. The van der Waals surface area contributed by atoms with E-state index < -0.39 is 0 Å². The molecule has 1 aromatic carbocycles. The van der Waals surface area contributed by atoms with Crippen LogP contribution in [0.5, 0.6) is 0 Å². The van der Waals surface area contributed by atoms with Gasteiger partial charge in [0.1, 0.15) is 11.9 Å². The van der Waals surface area contributed by atoms with Crippen LogP contribution in [0.2, 0.25) is 0 Å². The lowest BCUT2D eigenvalue weighted by Gasteiger charge is -2.07. The third kappa shape index (κ3) is 2.62. The fraction of sp³-hybridized carbons (Fsp3) is 0.133. The van der Waals surface area contributed by atoms with Crippen molar-refractivity contribution in [1.29, 1.82) is 0 Å². The van der Waals surface area contributed by atoms with Gasteiger partial charge in [0, 0.05) is 26.9 Å². The summed E-state index contributed by atoms with van der Waals surface area (Å²) < 4.78 is 8.60. The van der Waals surface area contributed by atoms with Gasteiger partial charge in [-0.25, -0.2) is 15.0 Å². The largest absolute Gasteiger partial charge is 0.464 e. The number of rotatable bonds is 4. The van der Waals surface area contributed by atoms with Gasteiger partial charge in [-0.3, -0.25) is 0 Å². The van der Waals surface area contributed by atoms with E-state index in [1.807, 2.05) is 16.7 Å². The molecule has 0 bridgehead atoms. The number of aromatic nitrogens is 4. The van der Waals surface area contributed by atoms with Crippen LogP contribution in [0.25, 0.3) is 22.1 Å². The molecule has 24 heavy (non-hydrogen) atoms. The van der Waals surface area contributed by atoms with E-state index in [9.17, 15) is 0 Å². The van der Waals surface area contributed by atoms with Crippen molar-refractivity contribution in [3.05, 3.63) is 34.4 Å². The Morgan fingerprint density at radius 3 is 3.00 bits per heavy atom. The zero-order chi connectivity index (χ0) is 16.7. The van der Waals surface area contributed by atoms with Gasteiger partial charge in [-0.2, -0.15) is 0 Å². The monoisotopic (exact) mass is 452 g/mol. The molecule has 4 aromatic rings. The molecule has 0 radical (unpaired) electrons. The lowest BCUT2D eigenvalue weighted by Crippen LogP contribution is -2.11. The summed E-state index contributed by atoms with van der Waals surface area (Å²) >= 11 is 3.85. The SMILES string of the molecule is NCCn1c(Sc2cc3occc3cc2I)nc2c(N)ncnc21. The molecule has 9 heteroatoms. The molecule has 0 atom stereocenters. The van der Waals surface area contributed by atoms with Crippen molar-refractivity contribution in [2.75, 3.05) is 12.3 Å². The van der Waals surface area contributed by atoms with E-state index in [1.54, 1.807) is 6.26 Å². The van der Waals surface area contributed by atoms with Crippen LogP contribution >= 0.6 is 34.4 Å². The van der Waals surface area contributed by atoms with Crippen molar-refractivity contribution in [1.82, 2.24) is 19.5 Å². The number of nitrogens with zero attached hydrogens (tertiary/aromatic N) is 4. The summed E-state index contributed by atoms with van der Waals surface area (Å²) in [5.41, 5.74) is 13.8. The van der Waals surface area contributed by atoms with E-state index in [0.29, 0.717) is 30.1 Å². The van der Waals surface area contributed by atoms with E-state index in [4.69, 9.17) is 15.9 Å². The molecule has 0 spiro atoms. The molecular formula is C15H13IN6OS. The molecule has 122 valence electrons. The molecule has 0 aliphatic heterocycles. The summed E-state index contributed by atoms with van der Waals surface area (Å²) in [6, 6.07) is 6.06. The Morgan fingerprint density at radius 1 is 1.29 bits per heavy atom. The van der Waals surface area contributed by atoms with Gasteiger partial charge in [0.15, 0.2) is 22.1 Å². The number of furan rings is 1. The zero-order valence-electron chi connectivity index (χ0n) is 12.4. The molecule has 0 aliphatic carbocycles. The molecule has 3 aromatic heterocycles. The van der Waals surface area contributed by atoms with Crippen LogP contribution in [0.4, 0.5) is 5.82 Å². The summed E-state index contributed by atoms with van der Waals surface area (Å²) in [5.74, 6) is 0.369. The lowest BCUT2D eigenvalue weighted by molar-refractivity contribution is 0.615. The molecule has 0 unspecified atom stereocenters. The Morgan fingerprint density at radius 2 is 2.17 bits per heavy atom. The quantitative estimate of drug-likeness (QED) is 0.459. The maximum atomic E-state index is 5.93. The number of imidazole rings is 1. The van der Waals surface area contributed by atoms with Crippen molar-refractivity contribution in [2.24, 2.45) is 5.73 Å². The van der Waals surface area contributed by atoms with Gasteiger partial charge < -0.3 is 20.5 Å². The fourth-order valence-corrected chi connectivity index (χ4v) is 4.25. The first-order valence-electron chi connectivity index (χ1n) is 7.18. The van der Waals surface area contributed by atoms with Crippen LogP contribution in [-0.4, -0.2) is 26.1 Å². The highest BCUT2D eigenvalue weighted by Gasteiger charge is 2.17. The highest BCUT2D eigenvalue weighted by Crippen LogP contribution is 2.35. The topological polar surface area (TPSA) is 109 Å². The smallest absolute Gasteiger partial charge is 0.175 e. The molecule has 0 saturated carbocycles. The minimum absolute atomic E-state index is 0.369. The van der Waals surface area contributed by atoms with E-state index >= 15 is 0 Å². The van der Waals surface area contributed by atoms with Gasteiger partial charge in [-0.05, 0) is 40.8 Å². The van der Waals surface area contributed by atoms with E-state index in [-0.39, 0.29) is 0 Å². The van der Waals surface area contributed by atoms with Crippen molar-refractivity contribution in [2.45, 2.75) is 16.6 Å². The number of hydrogen-bond donors (Lipinski definition) is 2. The molecule has 0 saturated heterocycles. The molecule has 0 aliphatic rings. The molecule has 0 fully saturated rings. The summed E-state index contributed by atoms with van der Waals surface area (Å²) in [4.78, 5) is 14.0. The molecule has 3 heterocycles. The summed E-state index contributed by atoms with van der Waals surface area (Å²) in [6.45, 7) is 1.09. The van der Waals surface area contributed by atoms with Crippen LogP contribution in [0, 0.1) is 3.57 Å². The number of anilines is 1. The molecular weight excluding hydrogens is 439 g/mol. The standard InChI is InChI=1S/C15H13IN6OS/c16-9-5-8-1-4-23-10(8)6-11(9)24-15-21-12-13(18)19-7-20-14(12)22(15)3-2-17/h1,4-7H,2-3,17H2,(H2,18,19,20). The Hall–Kier alpha value is -1.85. The Kier molecular flexibility index (Phi) is 4.06. The molecule has 4 N–H and O–H groups in total. The third-order valence-corrected chi connectivity index (χ3v) is 5.90. The maximum absolute atomic E-state index is 5.93. The van der Waals surface area contributed by atoms with E-state index in [0.717, 1.165) is 24.6 Å². The van der Waals surface area contributed by atoms with Gasteiger partial charge >= 0.3 is 0 Å². The first kappa shape index (κ1) is 15.7. The number of nitrogens with two attached hydrogens (primary N) is 2. The van der Waals surface area contributed by atoms with Gasteiger partial charge in [0.25, 0.3) is 0 Å². The minimum Gasteiger partial charge on any atom is -0.464 e. The first-order valence-corrected chi connectivity index (χ1v) is 9.08. The van der Waals surface area contributed by atoms with Crippen molar-refractivity contribution in [3.8, 4) is 0 Å². The predicted octanol–water partition coefficient (Wildman–Crippen LogP) is 2.87. The second-order valence-electron chi connectivity index (χ2n) is 5.11. The van der Waals surface area contributed by atoms with Gasteiger partial charge in [0.05, 0.1) is 6.26 Å². The van der Waals surface area contributed by atoms with Crippen LogP contribution in [0.3, 0.4) is 0 Å². The second-order valence-corrected chi connectivity index (χ2v) is 7.28. The van der Waals surface area contributed by atoms with Crippen molar-refractivity contribution >= 4 is 62.3 Å². The second kappa shape index (κ2) is 6.22. The highest BCUT2D eigenvalue weighted by molar-refractivity contribution is 14.1. The summed E-state index contributed by atoms with van der Waals surface area (Å²) in [5, 5.41) is 1.86. The van der Waals surface area contributed by atoms with Gasteiger partial charge in [-0.1, -0.05) is 11.8 Å². The van der Waals surface area contributed by atoms with Crippen LogP contribution in [0.1, 0.15) is 0 Å². The minimum atomic E-state index is 0.369. The Balaban J connectivity index is 1.84. The lowest BCUT2D eigenvalue weighted by atomic mass is 10.3. The van der Waals surface area contributed by atoms with Crippen LogP contribution < -0.4 is 11.5 Å². The molecule has 0 amide bonds. The van der Waals surface area contributed by atoms with Crippen molar-refractivity contribution in [3.63, 3.8) is 0 Å². The third-order valence-electron chi connectivity index (χ3n) is 3.59. The summed E-state index contributed by atoms with van der Waals surface area (Å²) in [6.07, 6.45) is 3.13. The fourth-order valence-electron chi connectivity index (χ4n) is 2.48. The molecule has 7 nitrogen and oxygen atoms in total. The highest BCUT2D eigenvalue weighted by atomic mass is 127. The average Bonchev–Trinajstić information content (AvgIpc) is 3.14. The average molecular weight is 452 g/mol. The first-order chi connectivity index (χ1) is 11.7. The van der Waals surface area contributed by atoms with Crippen molar-refractivity contribution < 1.29 is 4.42 Å². The predicted molar refractivity (Wildman–Crippen MR) is 102 cm³/mol. The number of fused-ring (bicyclic) bond motifs is 2. The van der Waals surface area contributed by atoms with Gasteiger partial charge in [0.2, 0.25) is 0 Å². The Bertz CT molecular complexity index is 1040. The number of nitrogen functional groups attached to an aromatic ring is 1. The Labute approximate surface area is 155 Å². The van der Waals surface area contributed by atoms with Crippen LogP contribution in [0.15, 0.2) is 45.3 Å². The normalized spacial score (nSPS) is 11.6. The molecule has 4 rings (SSSR count).